The predicted molar refractivity (Wildman–Crippen MR) is 128 cm³/mol. The van der Waals surface area contributed by atoms with Crippen molar-refractivity contribution in [3.8, 4) is 11.5 Å². The van der Waals surface area contributed by atoms with E-state index in [9.17, 15) is 4.79 Å². The molecule has 6 heteroatoms. The number of nitrogens with zero attached hydrogens (tertiary/aromatic N) is 3. The third-order valence-electron chi connectivity index (χ3n) is 6.68. The van der Waals surface area contributed by atoms with Gasteiger partial charge in [0.25, 0.3) is 5.91 Å². The molecule has 0 saturated carbocycles. The van der Waals surface area contributed by atoms with Crippen molar-refractivity contribution in [2.24, 2.45) is 0 Å². The van der Waals surface area contributed by atoms with Crippen molar-refractivity contribution in [3.05, 3.63) is 83.2 Å². The molecule has 6 nitrogen and oxygen atoms in total. The SMILES string of the molecule is COc1cc2c(cc1OC)C(c1ccccc1)N(C(=O)c1cc(N3CCCC3)ccn1)CC2. The number of hydrogen-bond donors (Lipinski definition) is 0. The number of aromatic nitrogens is 1. The molecule has 170 valence electrons. The lowest BCUT2D eigenvalue weighted by molar-refractivity contribution is 0.0688. The summed E-state index contributed by atoms with van der Waals surface area (Å²) in [5.74, 6) is 1.33. The van der Waals surface area contributed by atoms with Crippen LogP contribution in [0.4, 0.5) is 5.69 Å². The van der Waals surface area contributed by atoms with Crippen LogP contribution >= 0.6 is 0 Å². The van der Waals surface area contributed by atoms with Gasteiger partial charge in [-0.15, -0.1) is 0 Å². The van der Waals surface area contributed by atoms with Crippen LogP contribution in [0.3, 0.4) is 0 Å². The van der Waals surface area contributed by atoms with Crippen LogP contribution in [0.15, 0.2) is 60.8 Å². The molecule has 1 saturated heterocycles. The lowest BCUT2D eigenvalue weighted by Crippen LogP contribution is -2.41. The van der Waals surface area contributed by atoms with Crippen molar-refractivity contribution >= 4 is 11.6 Å². The van der Waals surface area contributed by atoms with E-state index in [1.165, 1.54) is 18.4 Å². The van der Waals surface area contributed by atoms with E-state index < -0.39 is 0 Å². The molecule has 1 fully saturated rings. The summed E-state index contributed by atoms with van der Waals surface area (Å²) >= 11 is 0. The molecular weight excluding hydrogens is 414 g/mol. The molecular formula is C27H29N3O3. The van der Waals surface area contributed by atoms with Gasteiger partial charge in [-0.1, -0.05) is 30.3 Å². The maximum atomic E-state index is 13.8. The number of carbonyl (C=O) groups excluding carboxylic acids is 1. The van der Waals surface area contributed by atoms with Gasteiger partial charge in [-0.25, -0.2) is 0 Å². The minimum atomic E-state index is -0.223. The topological polar surface area (TPSA) is 54.9 Å². The maximum absolute atomic E-state index is 13.8. The predicted octanol–water partition coefficient (Wildman–Crippen LogP) is 4.49. The van der Waals surface area contributed by atoms with Crippen LogP contribution in [0, 0.1) is 0 Å². The van der Waals surface area contributed by atoms with E-state index in [1.807, 2.05) is 47.4 Å². The van der Waals surface area contributed by atoms with Gasteiger partial charge in [0.2, 0.25) is 0 Å². The summed E-state index contributed by atoms with van der Waals surface area (Å²) in [4.78, 5) is 22.6. The van der Waals surface area contributed by atoms with E-state index >= 15 is 0 Å². The summed E-state index contributed by atoms with van der Waals surface area (Å²) in [6.07, 6.45) is 4.88. The number of ether oxygens (including phenoxy) is 2. The summed E-state index contributed by atoms with van der Waals surface area (Å²) in [6, 6.07) is 17.9. The molecule has 5 rings (SSSR count). The first-order valence-electron chi connectivity index (χ1n) is 11.5. The number of carbonyl (C=O) groups is 1. The molecule has 0 N–H and O–H groups in total. The fourth-order valence-electron chi connectivity index (χ4n) is 5.01. The van der Waals surface area contributed by atoms with Gasteiger partial charge >= 0.3 is 0 Å². The van der Waals surface area contributed by atoms with Crippen LogP contribution < -0.4 is 14.4 Å². The molecule has 33 heavy (non-hydrogen) atoms. The molecule has 2 aliphatic rings. The van der Waals surface area contributed by atoms with Crippen molar-refractivity contribution < 1.29 is 14.3 Å². The fraction of sp³-hybridized carbons (Fsp3) is 0.333. The van der Waals surface area contributed by atoms with Gasteiger partial charge < -0.3 is 19.3 Å². The van der Waals surface area contributed by atoms with Crippen molar-refractivity contribution in [1.82, 2.24) is 9.88 Å². The summed E-state index contributed by atoms with van der Waals surface area (Å²) in [5.41, 5.74) is 4.86. The number of hydrogen-bond acceptors (Lipinski definition) is 5. The van der Waals surface area contributed by atoms with E-state index in [1.54, 1.807) is 20.4 Å². The number of anilines is 1. The van der Waals surface area contributed by atoms with Gasteiger partial charge in [0, 0.05) is 31.5 Å². The Labute approximate surface area is 194 Å². The molecule has 1 amide bonds. The number of methoxy groups -OCH3 is 2. The molecule has 0 aliphatic carbocycles. The van der Waals surface area contributed by atoms with E-state index in [2.05, 4.69) is 22.0 Å². The highest BCUT2D eigenvalue weighted by atomic mass is 16.5. The number of benzene rings is 2. The molecule has 3 aromatic rings. The first kappa shape index (κ1) is 21.3. The second-order valence-corrected chi connectivity index (χ2v) is 8.56. The maximum Gasteiger partial charge on any atom is 0.273 e. The third kappa shape index (κ3) is 4.01. The summed E-state index contributed by atoms with van der Waals surface area (Å²) in [5, 5.41) is 0. The Kier molecular flexibility index (Phi) is 5.90. The van der Waals surface area contributed by atoms with Gasteiger partial charge in [0.15, 0.2) is 11.5 Å². The average Bonchev–Trinajstić information content (AvgIpc) is 3.42. The molecule has 0 spiro atoms. The Morgan fingerprint density at radius 2 is 1.67 bits per heavy atom. The highest BCUT2D eigenvalue weighted by Gasteiger charge is 2.34. The lowest BCUT2D eigenvalue weighted by atomic mass is 9.87. The van der Waals surface area contributed by atoms with Gasteiger partial charge in [0.05, 0.1) is 20.3 Å². The minimum Gasteiger partial charge on any atom is -0.493 e. The summed E-state index contributed by atoms with van der Waals surface area (Å²) < 4.78 is 11.1. The molecule has 0 radical (unpaired) electrons. The van der Waals surface area contributed by atoms with Crippen molar-refractivity contribution in [2.45, 2.75) is 25.3 Å². The standard InChI is InChI=1S/C27H29N3O3/c1-32-24-16-20-11-15-30(26(19-8-4-3-5-9-19)22(20)18-25(24)33-2)27(31)23-17-21(10-12-28-23)29-13-6-7-14-29/h3-5,8-10,12,16-18,26H,6-7,11,13-15H2,1-2H3. The van der Waals surface area contributed by atoms with Crippen molar-refractivity contribution in [1.29, 1.82) is 0 Å². The fourth-order valence-corrected chi connectivity index (χ4v) is 5.01. The van der Waals surface area contributed by atoms with Crippen LogP contribution in [0.25, 0.3) is 0 Å². The Morgan fingerprint density at radius 1 is 0.939 bits per heavy atom. The van der Waals surface area contributed by atoms with Crippen LogP contribution in [0.2, 0.25) is 0 Å². The molecule has 2 aromatic carbocycles. The van der Waals surface area contributed by atoms with Crippen LogP contribution in [0.5, 0.6) is 11.5 Å². The quantitative estimate of drug-likeness (QED) is 0.582. The Bertz CT molecular complexity index is 1140. The second-order valence-electron chi connectivity index (χ2n) is 8.56. The first-order chi connectivity index (χ1) is 16.2. The zero-order valence-corrected chi connectivity index (χ0v) is 19.2. The minimum absolute atomic E-state index is 0.0506. The number of amides is 1. The van der Waals surface area contributed by atoms with Gasteiger partial charge in [-0.05, 0) is 60.2 Å². The largest absolute Gasteiger partial charge is 0.493 e. The van der Waals surface area contributed by atoms with Crippen molar-refractivity contribution in [3.63, 3.8) is 0 Å². The van der Waals surface area contributed by atoms with Crippen molar-refractivity contribution in [2.75, 3.05) is 38.8 Å². The zero-order valence-electron chi connectivity index (χ0n) is 19.2. The highest BCUT2D eigenvalue weighted by Crippen LogP contribution is 2.41. The zero-order chi connectivity index (χ0) is 22.8. The van der Waals surface area contributed by atoms with Gasteiger partial charge in [-0.3, -0.25) is 9.78 Å². The van der Waals surface area contributed by atoms with E-state index in [0.717, 1.165) is 36.3 Å². The Morgan fingerprint density at radius 3 is 2.39 bits per heavy atom. The van der Waals surface area contributed by atoms with Crippen LogP contribution in [0.1, 0.15) is 46.1 Å². The van der Waals surface area contributed by atoms with E-state index in [0.29, 0.717) is 23.7 Å². The summed E-state index contributed by atoms with van der Waals surface area (Å²) in [7, 11) is 3.29. The molecule has 3 heterocycles. The molecule has 1 aromatic heterocycles. The lowest BCUT2D eigenvalue weighted by Gasteiger charge is -2.38. The van der Waals surface area contributed by atoms with E-state index in [-0.39, 0.29) is 11.9 Å². The third-order valence-corrected chi connectivity index (χ3v) is 6.68. The Hall–Kier alpha value is -3.54. The first-order valence-corrected chi connectivity index (χ1v) is 11.5. The van der Waals surface area contributed by atoms with E-state index in [4.69, 9.17) is 9.47 Å². The number of rotatable bonds is 5. The Balaban J connectivity index is 1.56. The number of fused-ring (bicyclic) bond motifs is 1. The molecule has 0 bridgehead atoms. The molecule has 2 aliphatic heterocycles. The normalized spacial score (nSPS) is 17.6. The van der Waals surface area contributed by atoms with Crippen LogP contribution in [-0.2, 0) is 6.42 Å². The number of pyridine rings is 1. The van der Waals surface area contributed by atoms with Gasteiger partial charge in [0.1, 0.15) is 5.69 Å². The second kappa shape index (κ2) is 9.14. The smallest absolute Gasteiger partial charge is 0.273 e. The van der Waals surface area contributed by atoms with Gasteiger partial charge in [-0.2, -0.15) is 0 Å². The average molecular weight is 444 g/mol. The highest BCUT2D eigenvalue weighted by molar-refractivity contribution is 5.94. The van der Waals surface area contributed by atoms with Crippen LogP contribution in [-0.4, -0.2) is 49.6 Å². The molecule has 1 unspecified atom stereocenters. The monoisotopic (exact) mass is 443 g/mol. The summed E-state index contributed by atoms with van der Waals surface area (Å²) in [6.45, 7) is 2.67. The molecule has 1 atom stereocenters.